The Morgan fingerprint density at radius 1 is 1.24 bits per heavy atom. The van der Waals surface area contributed by atoms with Crippen LogP contribution in [0.5, 0.6) is 0 Å². The van der Waals surface area contributed by atoms with Gasteiger partial charge in [-0.25, -0.2) is 0 Å². The molecule has 0 spiro atoms. The number of hydrogen-bond donors (Lipinski definition) is 1. The summed E-state index contributed by atoms with van der Waals surface area (Å²) in [5.74, 6) is 0. The second kappa shape index (κ2) is 5.87. The van der Waals surface area contributed by atoms with Crippen molar-refractivity contribution in [2.24, 2.45) is 0 Å². The van der Waals surface area contributed by atoms with E-state index >= 15 is 0 Å². The predicted molar refractivity (Wildman–Crippen MR) is 85.1 cm³/mol. The quantitative estimate of drug-likeness (QED) is 0.869. The summed E-state index contributed by atoms with van der Waals surface area (Å²) in [6, 6.07) is 3.05. The van der Waals surface area contributed by atoms with Gasteiger partial charge in [0.25, 0.3) is 0 Å². The highest BCUT2D eigenvalue weighted by molar-refractivity contribution is 5.11. The summed E-state index contributed by atoms with van der Waals surface area (Å²) in [6.07, 6.45) is 4.24. The van der Waals surface area contributed by atoms with Crippen LogP contribution in [-0.4, -0.2) is 47.3 Å². The third kappa shape index (κ3) is 3.97. The molecule has 2 rings (SSSR count). The molecule has 1 N–H and O–H groups in total. The number of hydrogen-bond acceptors (Lipinski definition) is 4. The number of nitriles is 1. The fraction of sp³-hybridized carbons (Fsp3) is 0.941. The third-order valence-electron chi connectivity index (χ3n) is 4.69. The molecule has 4 heteroatoms. The Morgan fingerprint density at radius 3 is 2.38 bits per heavy atom. The lowest BCUT2D eigenvalue weighted by Crippen LogP contribution is -2.62. The standard InChI is InChI=1S/C17H31N3O/c1-6-19-17(11-18)9-7-8-14(10-17)20-12-15(2,3)21-16(4,5)13-20/h14,19H,6-10,12-13H2,1-5H3. The average Bonchev–Trinajstić information content (AvgIpc) is 2.36. The molecule has 2 fully saturated rings. The molecule has 0 radical (unpaired) electrons. The van der Waals surface area contributed by atoms with Crippen LogP contribution >= 0.6 is 0 Å². The van der Waals surface area contributed by atoms with Gasteiger partial charge in [-0.3, -0.25) is 10.2 Å². The van der Waals surface area contributed by atoms with Gasteiger partial charge in [0.15, 0.2) is 0 Å². The first-order valence-electron chi connectivity index (χ1n) is 8.31. The number of rotatable bonds is 3. The Labute approximate surface area is 129 Å². The second-order valence-corrected chi connectivity index (χ2v) is 8.00. The van der Waals surface area contributed by atoms with Crippen molar-refractivity contribution in [1.82, 2.24) is 10.2 Å². The molecule has 0 aromatic carbocycles. The number of morpholine rings is 1. The predicted octanol–water partition coefficient (Wildman–Crippen LogP) is 2.69. The Bertz CT molecular complexity index is 393. The van der Waals surface area contributed by atoms with Gasteiger partial charge in [0.05, 0.1) is 17.3 Å². The summed E-state index contributed by atoms with van der Waals surface area (Å²) in [5.41, 5.74) is -0.566. The highest BCUT2D eigenvalue weighted by atomic mass is 16.5. The third-order valence-corrected chi connectivity index (χ3v) is 4.69. The van der Waals surface area contributed by atoms with Gasteiger partial charge in [0, 0.05) is 19.1 Å². The first-order chi connectivity index (χ1) is 9.71. The first kappa shape index (κ1) is 16.7. The number of nitrogens with zero attached hydrogens (tertiary/aromatic N) is 2. The van der Waals surface area contributed by atoms with E-state index in [9.17, 15) is 5.26 Å². The van der Waals surface area contributed by atoms with Crippen LogP contribution in [0.25, 0.3) is 0 Å². The van der Waals surface area contributed by atoms with Crippen LogP contribution in [0, 0.1) is 11.3 Å². The summed E-state index contributed by atoms with van der Waals surface area (Å²) in [7, 11) is 0. The SMILES string of the molecule is CCNC1(C#N)CCCC(N2CC(C)(C)OC(C)(C)C2)C1. The molecule has 2 aliphatic rings. The normalized spacial score (nSPS) is 36.1. The Hall–Kier alpha value is -0.630. The molecule has 4 nitrogen and oxygen atoms in total. The van der Waals surface area contributed by atoms with Crippen molar-refractivity contribution in [3.8, 4) is 6.07 Å². The van der Waals surface area contributed by atoms with E-state index in [2.05, 4.69) is 50.9 Å². The van der Waals surface area contributed by atoms with E-state index in [4.69, 9.17) is 4.74 Å². The molecule has 0 aromatic rings. The number of nitrogens with one attached hydrogen (secondary N) is 1. The van der Waals surface area contributed by atoms with Gasteiger partial charge in [-0.2, -0.15) is 5.26 Å². The molecular weight excluding hydrogens is 262 g/mol. The maximum Gasteiger partial charge on any atom is 0.108 e. The van der Waals surface area contributed by atoms with Crippen LogP contribution in [0.15, 0.2) is 0 Å². The second-order valence-electron chi connectivity index (χ2n) is 8.00. The zero-order valence-corrected chi connectivity index (χ0v) is 14.3. The summed E-state index contributed by atoms with van der Waals surface area (Å²) >= 11 is 0. The van der Waals surface area contributed by atoms with Crippen molar-refractivity contribution in [2.75, 3.05) is 19.6 Å². The molecule has 1 aliphatic heterocycles. The van der Waals surface area contributed by atoms with Gasteiger partial charge in [0.1, 0.15) is 5.54 Å². The molecule has 1 heterocycles. The van der Waals surface area contributed by atoms with Gasteiger partial charge in [0.2, 0.25) is 0 Å². The molecular formula is C17H31N3O. The summed E-state index contributed by atoms with van der Waals surface area (Å²) in [5, 5.41) is 13.1. The largest absolute Gasteiger partial charge is 0.367 e. The molecule has 1 saturated heterocycles. The van der Waals surface area contributed by atoms with Crippen LogP contribution in [0.2, 0.25) is 0 Å². The molecule has 0 bridgehead atoms. The van der Waals surface area contributed by atoms with Crippen LogP contribution in [-0.2, 0) is 4.74 Å². The van der Waals surface area contributed by atoms with E-state index < -0.39 is 0 Å². The van der Waals surface area contributed by atoms with Crippen molar-refractivity contribution >= 4 is 0 Å². The van der Waals surface area contributed by atoms with Gasteiger partial charge < -0.3 is 4.74 Å². The lowest BCUT2D eigenvalue weighted by Gasteiger charge is -2.51. The van der Waals surface area contributed by atoms with E-state index in [-0.39, 0.29) is 16.7 Å². The Kier molecular flexibility index (Phi) is 4.68. The van der Waals surface area contributed by atoms with Crippen LogP contribution in [0.3, 0.4) is 0 Å². The van der Waals surface area contributed by atoms with Crippen molar-refractivity contribution in [3.63, 3.8) is 0 Å². The van der Waals surface area contributed by atoms with Crippen molar-refractivity contribution in [3.05, 3.63) is 0 Å². The first-order valence-corrected chi connectivity index (χ1v) is 8.31. The van der Waals surface area contributed by atoms with Crippen LogP contribution in [0.1, 0.15) is 60.3 Å². The van der Waals surface area contributed by atoms with Gasteiger partial charge >= 0.3 is 0 Å². The molecule has 0 aromatic heterocycles. The van der Waals surface area contributed by atoms with Crippen LogP contribution < -0.4 is 5.32 Å². The van der Waals surface area contributed by atoms with Crippen molar-refractivity contribution < 1.29 is 4.74 Å². The molecule has 0 amide bonds. The smallest absolute Gasteiger partial charge is 0.108 e. The topological polar surface area (TPSA) is 48.3 Å². The van der Waals surface area contributed by atoms with E-state index in [1.165, 1.54) is 6.42 Å². The average molecular weight is 293 g/mol. The lowest BCUT2D eigenvalue weighted by molar-refractivity contribution is -0.190. The molecule has 1 aliphatic carbocycles. The molecule has 1 saturated carbocycles. The lowest BCUT2D eigenvalue weighted by atomic mass is 9.78. The summed E-state index contributed by atoms with van der Waals surface area (Å²) in [4.78, 5) is 2.56. The summed E-state index contributed by atoms with van der Waals surface area (Å²) < 4.78 is 6.19. The maximum atomic E-state index is 9.64. The molecule has 2 unspecified atom stereocenters. The highest BCUT2D eigenvalue weighted by Gasteiger charge is 2.44. The monoisotopic (exact) mass is 293 g/mol. The van der Waals surface area contributed by atoms with Gasteiger partial charge in [-0.05, 0) is 59.9 Å². The van der Waals surface area contributed by atoms with Crippen molar-refractivity contribution in [2.45, 2.75) is 83.1 Å². The minimum Gasteiger partial charge on any atom is -0.367 e. The van der Waals surface area contributed by atoms with Gasteiger partial charge in [-0.1, -0.05) is 6.92 Å². The zero-order valence-electron chi connectivity index (χ0n) is 14.3. The fourth-order valence-electron chi connectivity index (χ4n) is 4.30. The van der Waals surface area contributed by atoms with Gasteiger partial charge in [-0.15, -0.1) is 0 Å². The fourth-order valence-corrected chi connectivity index (χ4v) is 4.30. The van der Waals surface area contributed by atoms with E-state index in [1.807, 2.05) is 0 Å². The maximum absolute atomic E-state index is 9.64. The van der Waals surface area contributed by atoms with Crippen LogP contribution in [0.4, 0.5) is 0 Å². The highest BCUT2D eigenvalue weighted by Crippen LogP contribution is 2.36. The minimum atomic E-state index is -0.329. The Balaban J connectivity index is 2.12. The molecule has 120 valence electrons. The van der Waals surface area contributed by atoms with Crippen molar-refractivity contribution in [1.29, 1.82) is 5.26 Å². The van der Waals surface area contributed by atoms with E-state index in [1.54, 1.807) is 0 Å². The Morgan fingerprint density at radius 2 is 1.86 bits per heavy atom. The van der Waals surface area contributed by atoms with E-state index in [0.29, 0.717) is 6.04 Å². The minimum absolute atomic E-state index is 0.118. The molecule has 2 atom stereocenters. The summed E-state index contributed by atoms with van der Waals surface area (Å²) in [6.45, 7) is 13.5. The zero-order chi connectivity index (χ0) is 15.7. The number of ether oxygens (including phenoxy) is 1. The van der Waals surface area contributed by atoms with E-state index in [0.717, 1.165) is 38.9 Å². The molecule has 21 heavy (non-hydrogen) atoms.